The second kappa shape index (κ2) is 2.86. The Hall–Kier alpha value is -0.900. The van der Waals surface area contributed by atoms with Crippen LogP contribution in [0.15, 0.2) is 4.52 Å². The van der Waals surface area contributed by atoms with Crippen LogP contribution in [-0.4, -0.2) is 10.1 Å². The van der Waals surface area contributed by atoms with Gasteiger partial charge in [0.2, 0.25) is 5.89 Å². The predicted octanol–water partition coefficient (Wildman–Crippen LogP) is 1.04. The van der Waals surface area contributed by atoms with Gasteiger partial charge < -0.3 is 10.3 Å². The summed E-state index contributed by atoms with van der Waals surface area (Å²) in [6, 6.07) is -0.148. The molecule has 4 nitrogen and oxygen atoms in total. The highest BCUT2D eigenvalue weighted by atomic mass is 16.5. The maximum absolute atomic E-state index is 5.58. The minimum atomic E-state index is -0.148. The van der Waals surface area contributed by atoms with Crippen molar-refractivity contribution in [3.05, 3.63) is 11.7 Å². The molecule has 0 saturated heterocycles. The molecule has 66 valence electrons. The number of nitrogens with zero attached hydrogens (tertiary/aromatic N) is 2. The Balaban J connectivity index is 2.02. The van der Waals surface area contributed by atoms with Crippen LogP contribution in [0.2, 0.25) is 0 Å². The van der Waals surface area contributed by atoms with E-state index < -0.39 is 0 Å². The molecule has 0 bridgehead atoms. The maximum atomic E-state index is 5.58. The van der Waals surface area contributed by atoms with E-state index in [1.54, 1.807) is 0 Å². The summed E-state index contributed by atoms with van der Waals surface area (Å²) in [6.45, 7) is 1.84. The fourth-order valence-electron chi connectivity index (χ4n) is 1.12. The van der Waals surface area contributed by atoms with Crippen molar-refractivity contribution in [2.45, 2.75) is 32.2 Å². The van der Waals surface area contributed by atoms with Gasteiger partial charge in [0.15, 0.2) is 5.82 Å². The van der Waals surface area contributed by atoms with E-state index in [0.717, 1.165) is 18.2 Å². The molecule has 0 aliphatic heterocycles. The van der Waals surface area contributed by atoms with E-state index in [1.165, 1.54) is 12.8 Å². The van der Waals surface area contributed by atoms with Gasteiger partial charge in [-0.1, -0.05) is 5.16 Å². The van der Waals surface area contributed by atoms with Crippen molar-refractivity contribution in [2.75, 3.05) is 0 Å². The molecular weight excluding hydrogens is 154 g/mol. The lowest BCUT2D eigenvalue weighted by Crippen LogP contribution is -2.05. The molecule has 12 heavy (non-hydrogen) atoms. The first kappa shape index (κ1) is 7.73. The molecule has 0 aromatic carbocycles. The standard InChI is InChI=1S/C8H13N3O/c1-5(9)8-10-7(11-12-8)4-6-2-3-6/h5-6H,2-4,9H2,1H3/t5-/m1/s1. The van der Waals surface area contributed by atoms with Gasteiger partial charge in [0.05, 0.1) is 6.04 Å². The van der Waals surface area contributed by atoms with Crippen LogP contribution in [-0.2, 0) is 6.42 Å². The fourth-order valence-corrected chi connectivity index (χ4v) is 1.12. The Labute approximate surface area is 71.1 Å². The second-order valence-electron chi connectivity index (χ2n) is 3.49. The lowest BCUT2D eigenvalue weighted by atomic mass is 10.3. The van der Waals surface area contributed by atoms with Crippen molar-refractivity contribution in [2.24, 2.45) is 11.7 Å². The second-order valence-corrected chi connectivity index (χ2v) is 3.49. The van der Waals surface area contributed by atoms with Gasteiger partial charge in [-0.15, -0.1) is 0 Å². The monoisotopic (exact) mass is 167 g/mol. The molecule has 4 heteroatoms. The topological polar surface area (TPSA) is 64.9 Å². The molecule has 1 aliphatic rings. The molecule has 1 fully saturated rings. The van der Waals surface area contributed by atoms with E-state index in [9.17, 15) is 0 Å². The molecule has 1 heterocycles. The molecule has 0 spiro atoms. The number of hydrogen-bond donors (Lipinski definition) is 1. The number of rotatable bonds is 3. The van der Waals surface area contributed by atoms with Gasteiger partial charge >= 0.3 is 0 Å². The number of hydrogen-bond acceptors (Lipinski definition) is 4. The molecule has 1 aliphatic carbocycles. The van der Waals surface area contributed by atoms with Crippen molar-refractivity contribution < 1.29 is 4.52 Å². The first-order chi connectivity index (χ1) is 5.75. The normalized spacial score (nSPS) is 19.5. The third-order valence-electron chi connectivity index (χ3n) is 2.04. The highest BCUT2D eigenvalue weighted by molar-refractivity contribution is 4.94. The molecule has 0 amide bonds. The summed E-state index contributed by atoms with van der Waals surface area (Å²) < 4.78 is 4.97. The highest BCUT2D eigenvalue weighted by Crippen LogP contribution is 2.31. The predicted molar refractivity (Wildman–Crippen MR) is 43.3 cm³/mol. The molecule has 1 aromatic heterocycles. The Morgan fingerprint density at radius 1 is 1.67 bits per heavy atom. The third kappa shape index (κ3) is 1.64. The largest absolute Gasteiger partial charge is 0.338 e. The summed E-state index contributed by atoms with van der Waals surface area (Å²) in [7, 11) is 0. The van der Waals surface area contributed by atoms with Crippen molar-refractivity contribution >= 4 is 0 Å². The maximum Gasteiger partial charge on any atom is 0.243 e. The van der Waals surface area contributed by atoms with E-state index in [-0.39, 0.29) is 6.04 Å². The Kier molecular flexibility index (Phi) is 1.84. The summed E-state index contributed by atoms with van der Waals surface area (Å²) in [4.78, 5) is 4.19. The summed E-state index contributed by atoms with van der Waals surface area (Å²) in [5.41, 5.74) is 5.58. The van der Waals surface area contributed by atoms with Crippen molar-refractivity contribution in [3.63, 3.8) is 0 Å². The van der Waals surface area contributed by atoms with Crippen molar-refractivity contribution in [3.8, 4) is 0 Å². The quantitative estimate of drug-likeness (QED) is 0.730. The van der Waals surface area contributed by atoms with Crippen LogP contribution in [0.3, 0.4) is 0 Å². The molecule has 1 aromatic rings. The van der Waals surface area contributed by atoms with Gasteiger partial charge in [0, 0.05) is 6.42 Å². The summed E-state index contributed by atoms with van der Waals surface area (Å²) >= 11 is 0. The Bertz CT molecular complexity index is 265. The van der Waals surface area contributed by atoms with Crippen LogP contribution in [0.1, 0.15) is 37.5 Å². The van der Waals surface area contributed by atoms with E-state index >= 15 is 0 Å². The zero-order valence-electron chi connectivity index (χ0n) is 7.16. The van der Waals surface area contributed by atoms with E-state index in [0.29, 0.717) is 5.89 Å². The summed E-state index contributed by atoms with van der Waals surface area (Å²) in [6.07, 6.45) is 3.57. The SMILES string of the molecule is C[C@@H](N)c1nc(CC2CC2)no1. The molecule has 1 atom stereocenters. The molecule has 1 saturated carbocycles. The minimum Gasteiger partial charge on any atom is -0.338 e. The smallest absolute Gasteiger partial charge is 0.243 e. The zero-order chi connectivity index (χ0) is 8.55. The lowest BCUT2D eigenvalue weighted by Gasteiger charge is -1.92. The van der Waals surface area contributed by atoms with Crippen LogP contribution in [0, 0.1) is 5.92 Å². The van der Waals surface area contributed by atoms with Crippen LogP contribution in [0.5, 0.6) is 0 Å². The molecular formula is C8H13N3O. The van der Waals surface area contributed by atoms with Gasteiger partial charge in [0.1, 0.15) is 0 Å². The molecule has 0 unspecified atom stereocenters. The fraction of sp³-hybridized carbons (Fsp3) is 0.750. The highest BCUT2D eigenvalue weighted by Gasteiger charge is 2.24. The molecule has 2 N–H and O–H groups in total. The van der Waals surface area contributed by atoms with Crippen LogP contribution < -0.4 is 5.73 Å². The van der Waals surface area contributed by atoms with E-state index in [2.05, 4.69) is 10.1 Å². The van der Waals surface area contributed by atoms with E-state index in [4.69, 9.17) is 10.3 Å². The lowest BCUT2D eigenvalue weighted by molar-refractivity contribution is 0.356. The van der Waals surface area contributed by atoms with E-state index in [1.807, 2.05) is 6.92 Å². The summed E-state index contributed by atoms with van der Waals surface area (Å²) in [5, 5.41) is 3.85. The van der Waals surface area contributed by atoms with Gasteiger partial charge in [-0.25, -0.2) is 0 Å². The van der Waals surface area contributed by atoms with Crippen molar-refractivity contribution in [1.82, 2.24) is 10.1 Å². The average molecular weight is 167 g/mol. The summed E-state index contributed by atoms with van der Waals surface area (Å²) in [5.74, 6) is 2.15. The van der Waals surface area contributed by atoms with Crippen LogP contribution >= 0.6 is 0 Å². The first-order valence-electron chi connectivity index (χ1n) is 4.34. The third-order valence-corrected chi connectivity index (χ3v) is 2.04. The Morgan fingerprint density at radius 2 is 2.42 bits per heavy atom. The number of aromatic nitrogens is 2. The van der Waals surface area contributed by atoms with Crippen LogP contribution in [0.4, 0.5) is 0 Å². The molecule has 2 rings (SSSR count). The zero-order valence-corrected chi connectivity index (χ0v) is 7.16. The average Bonchev–Trinajstić information content (AvgIpc) is 2.66. The van der Waals surface area contributed by atoms with Gasteiger partial charge in [-0.3, -0.25) is 0 Å². The van der Waals surface area contributed by atoms with Gasteiger partial charge in [-0.2, -0.15) is 4.98 Å². The Morgan fingerprint density at radius 3 is 2.92 bits per heavy atom. The minimum absolute atomic E-state index is 0.148. The van der Waals surface area contributed by atoms with Gasteiger partial charge in [-0.05, 0) is 25.7 Å². The number of nitrogens with two attached hydrogens (primary N) is 1. The van der Waals surface area contributed by atoms with Gasteiger partial charge in [0.25, 0.3) is 0 Å². The molecule has 0 radical (unpaired) electrons. The first-order valence-corrected chi connectivity index (χ1v) is 4.34. The van der Waals surface area contributed by atoms with Crippen LogP contribution in [0.25, 0.3) is 0 Å². The van der Waals surface area contributed by atoms with Crippen molar-refractivity contribution in [1.29, 1.82) is 0 Å².